The number of nitrogens with zero attached hydrogens (tertiary/aromatic N) is 6. The fourth-order valence-corrected chi connectivity index (χ4v) is 3.35. The Bertz CT molecular complexity index is 752. The fourth-order valence-electron chi connectivity index (χ4n) is 3.35. The number of hydrogen-bond donors (Lipinski definition) is 3. The maximum Gasteiger partial charge on any atom is 0.167 e. The van der Waals surface area contributed by atoms with E-state index < -0.39 is 24.5 Å². The van der Waals surface area contributed by atoms with Crippen LogP contribution >= 0.6 is 0 Å². The van der Waals surface area contributed by atoms with Crippen LogP contribution in [0.2, 0.25) is 0 Å². The molecule has 0 saturated carbocycles. The Hall–Kier alpha value is -1.85. The van der Waals surface area contributed by atoms with Gasteiger partial charge in [0.2, 0.25) is 0 Å². The number of aliphatic hydroxyl groups excluding tert-OH is 3. The lowest BCUT2D eigenvalue weighted by Gasteiger charge is -2.24. The van der Waals surface area contributed by atoms with Crippen LogP contribution in [0.3, 0.4) is 0 Å². The lowest BCUT2D eigenvalue weighted by molar-refractivity contribution is -0.0511. The number of ether oxygens (including phenoxy) is 1. The number of aliphatic hydroxyl groups is 3. The quantitative estimate of drug-likeness (QED) is 0.541. The molecule has 27 heavy (non-hydrogen) atoms. The second-order valence-electron chi connectivity index (χ2n) is 6.70. The molecule has 3 rings (SSSR count). The summed E-state index contributed by atoms with van der Waals surface area (Å²) in [4.78, 5) is 17.4. The van der Waals surface area contributed by atoms with Gasteiger partial charge in [-0.2, -0.15) is 0 Å². The molecule has 0 aromatic carbocycles. The molecule has 0 bridgehead atoms. The minimum Gasteiger partial charge on any atom is -0.394 e. The molecule has 4 atom stereocenters. The van der Waals surface area contributed by atoms with Crippen LogP contribution in [0, 0.1) is 0 Å². The SMILES string of the molecule is CCN(CC)CCN(C)c1ncnc2c1ncn2[C@@H]1O[C@H](CO)C(O)C1O. The van der Waals surface area contributed by atoms with Crippen LogP contribution in [0.4, 0.5) is 5.82 Å². The number of aromatic nitrogens is 4. The van der Waals surface area contributed by atoms with Crippen molar-refractivity contribution < 1.29 is 20.1 Å². The highest BCUT2D eigenvalue weighted by Crippen LogP contribution is 2.32. The Morgan fingerprint density at radius 3 is 2.48 bits per heavy atom. The first-order valence-electron chi connectivity index (χ1n) is 9.25. The Kier molecular flexibility index (Phi) is 6.22. The van der Waals surface area contributed by atoms with Gasteiger partial charge in [-0.3, -0.25) is 4.57 Å². The summed E-state index contributed by atoms with van der Waals surface area (Å²) in [7, 11) is 1.96. The molecule has 10 nitrogen and oxygen atoms in total. The average Bonchev–Trinajstić information content (AvgIpc) is 3.23. The molecule has 1 fully saturated rings. The molecule has 2 unspecified atom stereocenters. The molecule has 3 N–H and O–H groups in total. The molecule has 3 heterocycles. The van der Waals surface area contributed by atoms with Crippen LogP contribution in [0.15, 0.2) is 12.7 Å². The van der Waals surface area contributed by atoms with Gasteiger partial charge < -0.3 is 29.9 Å². The largest absolute Gasteiger partial charge is 0.394 e. The molecule has 1 saturated heterocycles. The average molecular weight is 380 g/mol. The van der Waals surface area contributed by atoms with Crippen molar-refractivity contribution in [3.8, 4) is 0 Å². The van der Waals surface area contributed by atoms with Gasteiger partial charge in [0, 0.05) is 20.1 Å². The Morgan fingerprint density at radius 2 is 1.85 bits per heavy atom. The third-order valence-corrected chi connectivity index (χ3v) is 5.14. The van der Waals surface area contributed by atoms with E-state index >= 15 is 0 Å². The van der Waals surface area contributed by atoms with Crippen molar-refractivity contribution in [3.63, 3.8) is 0 Å². The molecule has 1 aliphatic heterocycles. The van der Waals surface area contributed by atoms with Crippen LogP contribution in [-0.4, -0.2) is 97.9 Å². The first-order valence-corrected chi connectivity index (χ1v) is 9.25. The Labute approximate surface area is 158 Å². The molecule has 2 aromatic rings. The van der Waals surface area contributed by atoms with Gasteiger partial charge in [0.05, 0.1) is 12.9 Å². The molecule has 2 aromatic heterocycles. The minimum atomic E-state index is -1.18. The van der Waals surface area contributed by atoms with E-state index in [1.807, 2.05) is 11.9 Å². The van der Waals surface area contributed by atoms with Gasteiger partial charge in [0.25, 0.3) is 0 Å². The minimum absolute atomic E-state index is 0.379. The summed E-state index contributed by atoms with van der Waals surface area (Å²) in [5.41, 5.74) is 1.10. The van der Waals surface area contributed by atoms with E-state index in [1.165, 1.54) is 12.7 Å². The van der Waals surface area contributed by atoms with Gasteiger partial charge in [0.15, 0.2) is 23.2 Å². The van der Waals surface area contributed by atoms with E-state index in [1.54, 1.807) is 4.57 Å². The lowest BCUT2D eigenvalue weighted by Crippen LogP contribution is -2.33. The Balaban J connectivity index is 1.85. The van der Waals surface area contributed by atoms with Gasteiger partial charge in [-0.15, -0.1) is 0 Å². The zero-order valence-electron chi connectivity index (χ0n) is 15.9. The van der Waals surface area contributed by atoms with E-state index in [0.717, 1.165) is 26.2 Å². The predicted molar refractivity (Wildman–Crippen MR) is 99.4 cm³/mol. The monoisotopic (exact) mass is 380 g/mol. The third kappa shape index (κ3) is 3.76. The molecule has 1 aliphatic rings. The molecule has 0 radical (unpaired) electrons. The standard InChI is InChI=1S/C17H28N6O4/c1-4-22(5-2)7-6-21(3)15-12-16(19-9-18-15)23(10-20-12)17-14(26)13(25)11(8-24)27-17/h9-11,13-14,17,24-26H,4-8H2,1-3H3/t11-,13?,14?,17-/m1/s1. The van der Waals surface area contributed by atoms with Gasteiger partial charge in [-0.05, 0) is 13.1 Å². The van der Waals surface area contributed by atoms with Crippen molar-refractivity contribution in [1.29, 1.82) is 0 Å². The highest BCUT2D eigenvalue weighted by molar-refractivity contribution is 5.83. The summed E-state index contributed by atoms with van der Waals surface area (Å²) in [5, 5.41) is 29.6. The molecule has 150 valence electrons. The number of anilines is 1. The second kappa shape index (κ2) is 8.44. The van der Waals surface area contributed by atoms with Crippen molar-refractivity contribution in [2.75, 3.05) is 44.7 Å². The first kappa shape index (κ1) is 19.9. The summed E-state index contributed by atoms with van der Waals surface area (Å²) in [5.74, 6) is 0.692. The number of fused-ring (bicyclic) bond motifs is 1. The maximum atomic E-state index is 10.3. The predicted octanol–water partition coefficient (Wildman–Crippen LogP) is -0.784. The Morgan fingerprint density at radius 1 is 1.11 bits per heavy atom. The summed E-state index contributed by atoms with van der Waals surface area (Å²) in [6, 6.07) is 0. The van der Waals surface area contributed by atoms with Crippen molar-refractivity contribution in [2.45, 2.75) is 38.4 Å². The molecule has 0 spiro atoms. The number of imidazole rings is 1. The van der Waals surface area contributed by atoms with E-state index in [2.05, 4.69) is 33.7 Å². The lowest BCUT2D eigenvalue weighted by atomic mass is 10.1. The van der Waals surface area contributed by atoms with Crippen LogP contribution in [0.1, 0.15) is 20.1 Å². The van der Waals surface area contributed by atoms with E-state index in [9.17, 15) is 15.3 Å². The van der Waals surface area contributed by atoms with Crippen LogP contribution in [0.25, 0.3) is 11.2 Å². The van der Waals surface area contributed by atoms with Gasteiger partial charge in [0.1, 0.15) is 24.6 Å². The second-order valence-corrected chi connectivity index (χ2v) is 6.70. The number of hydrogen-bond acceptors (Lipinski definition) is 9. The smallest absolute Gasteiger partial charge is 0.167 e. The van der Waals surface area contributed by atoms with Crippen molar-refractivity contribution in [3.05, 3.63) is 12.7 Å². The summed E-state index contributed by atoms with van der Waals surface area (Å²) < 4.78 is 7.16. The van der Waals surface area contributed by atoms with Gasteiger partial charge in [-0.25, -0.2) is 15.0 Å². The van der Waals surface area contributed by atoms with Crippen LogP contribution < -0.4 is 4.90 Å². The van der Waals surface area contributed by atoms with Crippen molar-refractivity contribution >= 4 is 17.0 Å². The first-order chi connectivity index (χ1) is 13.0. The molecular weight excluding hydrogens is 352 g/mol. The summed E-state index contributed by atoms with van der Waals surface area (Å²) in [6.45, 7) is 7.56. The summed E-state index contributed by atoms with van der Waals surface area (Å²) >= 11 is 0. The van der Waals surface area contributed by atoms with E-state index in [-0.39, 0.29) is 6.61 Å². The number of likely N-dealkylation sites (N-methyl/N-ethyl adjacent to an activating group) is 2. The van der Waals surface area contributed by atoms with Crippen molar-refractivity contribution in [1.82, 2.24) is 24.4 Å². The van der Waals surface area contributed by atoms with E-state index in [4.69, 9.17) is 4.74 Å². The normalized spacial score (nSPS) is 25.6. The van der Waals surface area contributed by atoms with E-state index in [0.29, 0.717) is 17.0 Å². The summed E-state index contributed by atoms with van der Waals surface area (Å²) in [6.07, 6.45) is -1.10. The zero-order chi connectivity index (χ0) is 19.6. The fraction of sp³-hybridized carbons (Fsp3) is 0.706. The molecular formula is C17H28N6O4. The topological polar surface area (TPSA) is 120 Å². The van der Waals surface area contributed by atoms with Gasteiger partial charge >= 0.3 is 0 Å². The van der Waals surface area contributed by atoms with Crippen LogP contribution in [0.5, 0.6) is 0 Å². The highest BCUT2D eigenvalue weighted by Gasteiger charge is 2.44. The van der Waals surface area contributed by atoms with Crippen LogP contribution in [-0.2, 0) is 4.74 Å². The highest BCUT2D eigenvalue weighted by atomic mass is 16.6. The third-order valence-electron chi connectivity index (χ3n) is 5.14. The zero-order valence-corrected chi connectivity index (χ0v) is 15.9. The molecule has 0 amide bonds. The van der Waals surface area contributed by atoms with Gasteiger partial charge in [-0.1, -0.05) is 13.8 Å². The van der Waals surface area contributed by atoms with Crippen molar-refractivity contribution in [2.24, 2.45) is 0 Å². The number of rotatable bonds is 8. The molecule has 10 heteroatoms. The maximum absolute atomic E-state index is 10.3. The molecule has 0 aliphatic carbocycles.